The van der Waals surface area contributed by atoms with Gasteiger partial charge in [-0.25, -0.2) is 0 Å². The fraction of sp³-hybridized carbons (Fsp3) is 0.211. The van der Waals surface area contributed by atoms with E-state index in [-0.39, 0.29) is 16.6 Å². The Morgan fingerprint density at radius 2 is 1.83 bits per heavy atom. The summed E-state index contributed by atoms with van der Waals surface area (Å²) in [6.45, 7) is 1.16. The van der Waals surface area contributed by atoms with E-state index in [9.17, 15) is 28.1 Å². The van der Waals surface area contributed by atoms with E-state index in [4.69, 9.17) is 9.47 Å². The number of alkyl halides is 3. The SMILES string of the molecule is O=c1cc(NCc2ccc3c(c2)OCCO3)sc2c([N+](=O)[O-])cc(C(F)(F)F)cc12. The molecule has 0 spiro atoms. The molecule has 11 heteroatoms. The number of non-ortho nitro benzene ring substituents is 1. The lowest BCUT2D eigenvalue weighted by Gasteiger charge is -2.19. The number of anilines is 1. The van der Waals surface area contributed by atoms with E-state index < -0.39 is 27.8 Å². The molecule has 156 valence electrons. The Morgan fingerprint density at radius 1 is 1.10 bits per heavy atom. The standard InChI is InChI=1S/C19H13F3N2O5S/c20-19(21,22)11-6-12-14(25)8-17(30-18(12)13(7-11)24(26)27)23-9-10-1-2-15-16(5-10)29-4-3-28-15/h1-2,5-8,23H,3-4,9H2. The first kappa shape index (κ1) is 20.0. The van der Waals surface area contributed by atoms with Gasteiger partial charge in [-0.1, -0.05) is 6.07 Å². The molecule has 2 aromatic carbocycles. The number of ether oxygens (including phenoxy) is 2. The maximum Gasteiger partial charge on any atom is 0.416 e. The average Bonchev–Trinajstić information content (AvgIpc) is 2.70. The minimum atomic E-state index is -4.80. The molecule has 0 aliphatic carbocycles. The third-order valence-electron chi connectivity index (χ3n) is 4.41. The summed E-state index contributed by atoms with van der Waals surface area (Å²) >= 11 is 0.847. The third-order valence-corrected chi connectivity index (χ3v) is 5.52. The van der Waals surface area contributed by atoms with E-state index in [2.05, 4.69) is 5.32 Å². The minimum Gasteiger partial charge on any atom is -0.486 e. The number of fused-ring (bicyclic) bond motifs is 2. The highest BCUT2D eigenvalue weighted by Crippen LogP contribution is 2.38. The molecule has 0 fully saturated rings. The number of nitrogens with zero attached hydrogens (tertiary/aromatic N) is 1. The quantitative estimate of drug-likeness (QED) is 0.474. The highest BCUT2D eigenvalue weighted by Gasteiger charge is 2.34. The Kier molecular flexibility index (Phi) is 4.98. The average molecular weight is 438 g/mol. The summed E-state index contributed by atoms with van der Waals surface area (Å²) in [4.78, 5) is 22.8. The Bertz CT molecular complexity index is 1210. The fourth-order valence-electron chi connectivity index (χ4n) is 3.01. The van der Waals surface area contributed by atoms with Gasteiger partial charge >= 0.3 is 6.18 Å². The predicted molar refractivity (Wildman–Crippen MR) is 105 cm³/mol. The summed E-state index contributed by atoms with van der Waals surface area (Å²) in [5.41, 5.74) is -1.92. The van der Waals surface area contributed by atoms with Crippen molar-refractivity contribution in [2.75, 3.05) is 18.5 Å². The van der Waals surface area contributed by atoms with Crippen molar-refractivity contribution in [2.45, 2.75) is 12.7 Å². The summed E-state index contributed by atoms with van der Waals surface area (Å²) in [6, 6.07) is 7.53. The molecule has 0 saturated heterocycles. The van der Waals surface area contributed by atoms with Crippen molar-refractivity contribution < 1.29 is 27.6 Å². The largest absolute Gasteiger partial charge is 0.486 e. The van der Waals surface area contributed by atoms with Gasteiger partial charge in [-0.15, -0.1) is 11.3 Å². The number of nitrogens with one attached hydrogen (secondary N) is 1. The molecule has 0 amide bonds. The van der Waals surface area contributed by atoms with Crippen LogP contribution in [0.5, 0.6) is 11.5 Å². The number of halogens is 3. The minimum absolute atomic E-state index is 0.120. The summed E-state index contributed by atoms with van der Waals surface area (Å²) in [7, 11) is 0. The lowest BCUT2D eigenvalue weighted by molar-refractivity contribution is -0.383. The molecule has 2 heterocycles. The lowest BCUT2D eigenvalue weighted by Crippen LogP contribution is -2.15. The molecule has 30 heavy (non-hydrogen) atoms. The molecular formula is C19H13F3N2O5S. The van der Waals surface area contributed by atoms with Gasteiger partial charge in [0.25, 0.3) is 5.69 Å². The maximum absolute atomic E-state index is 13.0. The second-order valence-corrected chi connectivity index (χ2v) is 7.49. The predicted octanol–water partition coefficient (Wildman–Crippen LogP) is 4.57. The number of hydrogen-bond donors (Lipinski definition) is 1. The lowest BCUT2D eigenvalue weighted by atomic mass is 10.1. The first-order valence-corrected chi connectivity index (χ1v) is 9.50. The molecule has 0 bridgehead atoms. The highest BCUT2D eigenvalue weighted by molar-refractivity contribution is 7.22. The smallest absolute Gasteiger partial charge is 0.416 e. The Labute approximate surface area is 170 Å². The number of nitro groups is 1. The van der Waals surface area contributed by atoms with Gasteiger partial charge in [-0.05, 0) is 23.8 Å². The van der Waals surface area contributed by atoms with E-state index in [1.54, 1.807) is 18.2 Å². The van der Waals surface area contributed by atoms with Crippen LogP contribution in [0.1, 0.15) is 11.1 Å². The van der Waals surface area contributed by atoms with Crippen LogP contribution in [-0.4, -0.2) is 18.1 Å². The molecule has 1 aliphatic rings. The van der Waals surface area contributed by atoms with E-state index in [1.165, 1.54) is 0 Å². The number of hydrogen-bond acceptors (Lipinski definition) is 7. The van der Waals surface area contributed by atoms with E-state index >= 15 is 0 Å². The third kappa shape index (κ3) is 3.88. The van der Waals surface area contributed by atoms with Crippen molar-refractivity contribution >= 4 is 32.1 Å². The van der Waals surface area contributed by atoms with Crippen molar-refractivity contribution in [3.63, 3.8) is 0 Å². The molecule has 0 saturated carbocycles. The Hall–Kier alpha value is -3.34. The van der Waals surface area contributed by atoms with Gasteiger partial charge in [0, 0.05) is 24.1 Å². The van der Waals surface area contributed by atoms with Crippen molar-refractivity contribution in [1.29, 1.82) is 0 Å². The maximum atomic E-state index is 13.0. The van der Waals surface area contributed by atoms with E-state index in [1.807, 2.05) is 0 Å². The van der Waals surface area contributed by atoms with Crippen LogP contribution < -0.4 is 20.2 Å². The molecule has 1 aromatic heterocycles. The normalized spacial score (nSPS) is 13.3. The van der Waals surface area contributed by atoms with Crippen molar-refractivity contribution in [2.24, 2.45) is 0 Å². The van der Waals surface area contributed by atoms with E-state index in [0.717, 1.165) is 23.0 Å². The Morgan fingerprint density at radius 3 is 2.53 bits per heavy atom. The van der Waals surface area contributed by atoms with Crippen molar-refractivity contribution in [1.82, 2.24) is 0 Å². The number of nitro benzene ring substituents is 1. The highest BCUT2D eigenvalue weighted by atomic mass is 32.1. The number of rotatable bonds is 4. The zero-order valence-corrected chi connectivity index (χ0v) is 15.9. The van der Waals surface area contributed by atoms with Crippen LogP contribution in [0.3, 0.4) is 0 Å². The molecule has 0 unspecified atom stereocenters. The molecule has 1 N–H and O–H groups in total. The molecule has 4 rings (SSSR count). The zero-order chi connectivity index (χ0) is 21.5. The van der Waals surface area contributed by atoms with Crippen LogP contribution in [0.4, 0.5) is 23.9 Å². The van der Waals surface area contributed by atoms with Gasteiger partial charge < -0.3 is 14.8 Å². The Balaban J connectivity index is 1.68. The van der Waals surface area contributed by atoms with Gasteiger partial charge in [0.15, 0.2) is 16.9 Å². The van der Waals surface area contributed by atoms with Crippen LogP contribution in [0.15, 0.2) is 41.2 Å². The van der Waals surface area contributed by atoms with Crippen LogP contribution in [-0.2, 0) is 12.7 Å². The van der Waals surface area contributed by atoms with Crippen LogP contribution >= 0.6 is 11.3 Å². The summed E-state index contributed by atoms with van der Waals surface area (Å²) in [5, 5.41) is 14.3. The summed E-state index contributed by atoms with van der Waals surface area (Å²) < 4.78 is 50.0. The second-order valence-electron chi connectivity index (χ2n) is 6.43. The van der Waals surface area contributed by atoms with Crippen molar-refractivity contribution in [3.8, 4) is 11.5 Å². The molecular weight excluding hydrogens is 425 g/mol. The van der Waals surface area contributed by atoms with Crippen LogP contribution in [0, 0.1) is 10.1 Å². The molecule has 0 atom stereocenters. The monoisotopic (exact) mass is 438 g/mol. The van der Waals surface area contributed by atoms with Crippen LogP contribution in [0.25, 0.3) is 10.1 Å². The van der Waals surface area contributed by atoms with Gasteiger partial charge in [-0.3, -0.25) is 14.9 Å². The molecule has 0 radical (unpaired) electrons. The summed E-state index contributed by atoms with van der Waals surface area (Å²) in [6.07, 6.45) is -4.80. The van der Waals surface area contributed by atoms with Gasteiger partial charge in [-0.2, -0.15) is 13.2 Å². The van der Waals surface area contributed by atoms with Gasteiger partial charge in [0.05, 0.1) is 15.5 Å². The molecule has 1 aliphatic heterocycles. The fourth-order valence-corrected chi connectivity index (χ4v) is 4.05. The van der Waals surface area contributed by atoms with Gasteiger partial charge in [0.1, 0.15) is 17.9 Å². The van der Waals surface area contributed by atoms with Crippen LogP contribution in [0.2, 0.25) is 0 Å². The van der Waals surface area contributed by atoms with Gasteiger partial charge in [0.2, 0.25) is 0 Å². The number of benzene rings is 2. The van der Waals surface area contributed by atoms with Crippen molar-refractivity contribution in [3.05, 3.63) is 67.9 Å². The first-order valence-electron chi connectivity index (χ1n) is 8.68. The molecule has 3 aromatic rings. The van der Waals surface area contributed by atoms with E-state index in [0.29, 0.717) is 41.8 Å². The zero-order valence-electron chi connectivity index (χ0n) is 15.1. The first-order chi connectivity index (χ1) is 14.2. The molecule has 7 nitrogen and oxygen atoms in total. The second kappa shape index (κ2) is 7.48. The summed E-state index contributed by atoms with van der Waals surface area (Å²) in [5.74, 6) is 1.21. The topological polar surface area (TPSA) is 90.7 Å².